The Hall–Kier alpha value is -1.19. The monoisotopic (exact) mass is 246 g/mol. The van der Waals surface area contributed by atoms with E-state index in [4.69, 9.17) is 0 Å². The molecule has 90 valence electrons. The van der Waals surface area contributed by atoms with Crippen LogP contribution in [0.2, 0.25) is 0 Å². The molecule has 0 aromatic carbocycles. The lowest BCUT2D eigenvalue weighted by Gasteiger charge is -2.18. The quantitative estimate of drug-likeness (QED) is 0.898. The van der Waals surface area contributed by atoms with Gasteiger partial charge in [0, 0.05) is 16.3 Å². The van der Waals surface area contributed by atoms with Crippen LogP contribution in [-0.4, -0.2) is 12.0 Å². The lowest BCUT2D eigenvalue weighted by atomic mass is 10.0. The van der Waals surface area contributed by atoms with Gasteiger partial charge in [-0.25, -0.2) is 0 Å². The standard InChI is InChI=1S/C14H18N2S/c1-9-7-8-17-14(9)13(15-4)12-6-5-10(2)16-11(12)3/h5-8,13,15H,1-4H3. The molecular formula is C14H18N2S. The minimum Gasteiger partial charge on any atom is -0.309 e. The summed E-state index contributed by atoms with van der Waals surface area (Å²) in [6, 6.07) is 6.68. The molecule has 2 aromatic rings. The molecule has 2 heterocycles. The van der Waals surface area contributed by atoms with Crippen molar-refractivity contribution >= 4 is 11.3 Å². The van der Waals surface area contributed by atoms with Gasteiger partial charge in [0.25, 0.3) is 0 Å². The number of aryl methyl sites for hydroxylation is 3. The Balaban J connectivity index is 2.46. The molecule has 2 rings (SSSR count). The van der Waals surface area contributed by atoms with E-state index in [2.05, 4.69) is 47.7 Å². The van der Waals surface area contributed by atoms with Gasteiger partial charge >= 0.3 is 0 Å². The summed E-state index contributed by atoms with van der Waals surface area (Å²) in [5.41, 5.74) is 4.79. The Labute approximate surface area is 107 Å². The van der Waals surface area contributed by atoms with Crippen molar-refractivity contribution in [1.29, 1.82) is 0 Å². The molecule has 1 N–H and O–H groups in total. The van der Waals surface area contributed by atoms with Crippen molar-refractivity contribution in [3.05, 3.63) is 51.0 Å². The third-order valence-corrected chi connectivity index (χ3v) is 4.11. The zero-order valence-electron chi connectivity index (χ0n) is 10.7. The van der Waals surface area contributed by atoms with Crippen molar-refractivity contribution in [3.63, 3.8) is 0 Å². The molecule has 0 fully saturated rings. The molecule has 1 atom stereocenters. The second-order valence-electron chi connectivity index (χ2n) is 4.32. The first-order chi connectivity index (χ1) is 8.13. The van der Waals surface area contributed by atoms with E-state index in [1.807, 2.05) is 14.0 Å². The maximum Gasteiger partial charge on any atom is 0.0689 e. The Morgan fingerprint density at radius 2 is 1.94 bits per heavy atom. The summed E-state index contributed by atoms with van der Waals surface area (Å²) in [6.45, 7) is 6.27. The number of aromatic nitrogens is 1. The van der Waals surface area contributed by atoms with Gasteiger partial charge in [-0.3, -0.25) is 4.98 Å². The maximum absolute atomic E-state index is 4.55. The molecular weight excluding hydrogens is 228 g/mol. The Bertz CT molecular complexity index is 517. The van der Waals surface area contributed by atoms with Gasteiger partial charge in [-0.2, -0.15) is 0 Å². The third-order valence-electron chi connectivity index (χ3n) is 3.03. The Morgan fingerprint density at radius 1 is 1.18 bits per heavy atom. The minimum absolute atomic E-state index is 0.253. The second kappa shape index (κ2) is 4.98. The van der Waals surface area contributed by atoms with Gasteiger partial charge in [-0.15, -0.1) is 11.3 Å². The molecule has 0 bridgehead atoms. The molecule has 2 aromatic heterocycles. The Morgan fingerprint density at radius 3 is 2.47 bits per heavy atom. The third kappa shape index (κ3) is 2.40. The molecule has 0 saturated carbocycles. The molecule has 0 spiro atoms. The summed E-state index contributed by atoms with van der Waals surface area (Å²) in [5, 5.41) is 5.54. The van der Waals surface area contributed by atoms with Gasteiger partial charge in [0.15, 0.2) is 0 Å². The van der Waals surface area contributed by atoms with Gasteiger partial charge in [-0.1, -0.05) is 6.07 Å². The molecule has 3 heteroatoms. The Kier molecular flexibility index (Phi) is 3.60. The average Bonchev–Trinajstić information content (AvgIpc) is 2.69. The first-order valence-corrected chi connectivity index (χ1v) is 6.67. The van der Waals surface area contributed by atoms with Crippen LogP contribution in [0.25, 0.3) is 0 Å². The fourth-order valence-electron chi connectivity index (χ4n) is 2.11. The molecule has 1 unspecified atom stereocenters. The summed E-state index contributed by atoms with van der Waals surface area (Å²) in [5.74, 6) is 0. The lowest BCUT2D eigenvalue weighted by molar-refractivity contribution is 0.690. The van der Waals surface area contributed by atoms with Gasteiger partial charge in [-0.05, 0) is 56.5 Å². The van der Waals surface area contributed by atoms with Crippen LogP contribution in [0.5, 0.6) is 0 Å². The maximum atomic E-state index is 4.55. The van der Waals surface area contributed by atoms with Crippen LogP contribution in [0.15, 0.2) is 23.6 Å². The second-order valence-corrected chi connectivity index (χ2v) is 5.26. The highest BCUT2D eigenvalue weighted by molar-refractivity contribution is 7.10. The van der Waals surface area contributed by atoms with Crippen molar-refractivity contribution in [2.75, 3.05) is 7.05 Å². The highest BCUT2D eigenvalue weighted by Gasteiger charge is 2.17. The summed E-state index contributed by atoms with van der Waals surface area (Å²) in [6.07, 6.45) is 0. The number of hydrogen-bond donors (Lipinski definition) is 1. The van der Waals surface area contributed by atoms with Gasteiger partial charge < -0.3 is 5.32 Å². The van der Waals surface area contributed by atoms with Crippen LogP contribution >= 0.6 is 11.3 Å². The summed E-state index contributed by atoms with van der Waals surface area (Å²) < 4.78 is 0. The lowest BCUT2D eigenvalue weighted by Crippen LogP contribution is -2.19. The van der Waals surface area contributed by atoms with Crippen molar-refractivity contribution in [2.45, 2.75) is 26.8 Å². The van der Waals surface area contributed by atoms with Crippen LogP contribution in [0.4, 0.5) is 0 Å². The predicted molar refractivity (Wildman–Crippen MR) is 73.7 cm³/mol. The highest BCUT2D eigenvalue weighted by atomic mass is 32.1. The summed E-state index contributed by atoms with van der Waals surface area (Å²) in [4.78, 5) is 5.92. The molecule has 0 aliphatic heterocycles. The normalized spacial score (nSPS) is 12.7. The predicted octanol–water partition coefficient (Wildman–Crippen LogP) is 3.38. The first kappa shape index (κ1) is 12.3. The van der Waals surface area contributed by atoms with Crippen LogP contribution in [0.3, 0.4) is 0 Å². The van der Waals surface area contributed by atoms with Crippen molar-refractivity contribution in [2.24, 2.45) is 0 Å². The molecule has 0 radical (unpaired) electrons. The molecule has 0 aliphatic rings. The number of hydrogen-bond acceptors (Lipinski definition) is 3. The van der Waals surface area contributed by atoms with Crippen LogP contribution in [0, 0.1) is 20.8 Å². The van der Waals surface area contributed by atoms with E-state index in [9.17, 15) is 0 Å². The SMILES string of the molecule is CNC(c1ccc(C)nc1C)c1sccc1C. The van der Waals surface area contributed by atoms with E-state index in [1.54, 1.807) is 11.3 Å². The van der Waals surface area contributed by atoms with Crippen molar-refractivity contribution in [3.8, 4) is 0 Å². The van der Waals surface area contributed by atoms with Crippen LogP contribution < -0.4 is 5.32 Å². The summed E-state index contributed by atoms with van der Waals surface area (Å²) >= 11 is 1.80. The largest absolute Gasteiger partial charge is 0.309 e. The summed E-state index contributed by atoms with van der Waals surface area (Å²) in [7, 11) is 2.00. The fraction of sp³-hybridized carbons (Fsp3) is 0.357. The van der Waals surface area contributed by atoms with E-state index >= 15 is 0 Å². The van der Waals surface area contributed by atoms with E-state index in [0.29, 0.717) is 0 Å². The van der Waals surface area contributed by atoms with E-state index < -0.39 is 0 Å². The molecule has 17 heavy (non-hydrogen) atoms. The number of thiophene rings is 1. The van der Waals surface area contributed by atoms with E-state index in [0.717, 1.165) is 11.4 Å². The van der Waals surface area contributed by atoms with Crippen LogP contribution in [0.1, 0.15) is 33.4 Å². The fourth-order valence-corrected chi connectivity index (χ4v) is 3.16. The van der Waals surface area contributed by atoms with E-state index in [1.165, 1.54) is 16.0 Å². The first-order valence-electron chi connectivity index (χ1n) is 5.79. The molecule has 0 aliphatic carbocycles. The smallest absolute Gasteiger partial charge is 0.0689 e. The number of rotatable bonds is 3. The number of pyridine rings is 1. The van der Waals surface area contributed by atoms with Crippen molar-refractivity contribution in [1.82, 2.24) is 10.3 Å². The van der Waals surface area contributed by atoms with Gasteiger partial charge in [0.1, 0.15) is 0 Å². The van der Waals surface area contributed by atoms with Crippen molar-refractivity contribution < 1.29 is 0 Å². The number of nitrogens with one attached hydrogen (secondary N) is 1. The minimum atomic E-state index is 0.253. The zero-order valence-corrected chi connectivity index (χ0v) is 11.6. The van der Waals surface area contributed by atoms with Gasteiger partial charge in [0.2, 0.25) is 0 Å². The highest BCUT2D eigenvalue weighted by Crippen LogP contribution is 2.30. The molecule has 0 saturated heterocycles. The average molecular weight is 246 g/mol. The number of nitrogens with zero attached hydrogens (tertiary/aromatic N) is 1. The molecule has 0 amide bonds. The molecule has 2 nitrogen and oxygen atoms in total. The van der Waals surface area contributed by atoms with E-state index in [-0.39, 0.29) is 6.04 Å². The van der Waals surface area contributed by atoms with Crippen LogP contribution in [-0.2, 0) is 0 Å². The topological polar surface area (TPSA) is 24.9 Å². The van der Waals surface area contributed by atoms with Gasteiger partial charge in [0.05, 0.1) is 6.04 Å². The zero-order chi connectivity index (χ0) is 12.4.